The molecule has 1 aliphatic rings. The number of aliphatic hydroxyl groups excluding tert-OH is 1. The zero-order valence-corrected chi connectivity index (χ0v) is 17.8. The van der Waals surface area contributed by atoms with Crippen LogP contribution in [-0.2, 0) is 4.74 Å². The molecule has 3 aromatic rings. The Balaban J connectivity index is 1.69. The molecule has 6 nitrogen and oxygen atoms in total. The number of benzene rings is 1. The fraction of sp³-hybridized carbons (Fsp3) is 0.455. The fourth-order valence-corrected chi connectivity index (χ4v) is 5.15. The lowest BCUT2D eigenvalue weighted by Gasteiger charge is -2.18. The highest BCUT2D eigenvalue weighted by atomic mass is 32.1. The standard InChI is InChI=1S/C22H28N4O2S/c1-14-20(19-12-16-5-3-4-6-18(16)29-19)21(25-17-8-7-15(11-17)13-27)26-22(24-14)23-9-10-28-2/h3-6,12,15,17,27H,7-11,13H2,1-2H3,(H2,23,24,25,26)/t15-,17+/m1/s1. The predicted molar refractivity (Wildman–Crippen MR) is 120 cm³/mol. The average molecular weight is 413 g/mol. The summed E-state index contributed by atoms with van der Waals surface area (Å²) >= 11 is 1.77. The van der Waals surface area contributed by atoms with Gasteiger partial charge in [-0.15, -0.1) is 11.3 Å². The van der Waals surface area contributed by atoms with Gasteiger partial charge in [-0.3, -0.25) is 0 Å². The van der Waals surface area contributed by atoms with E-state index in [1.807, 2.05) is 6.92 Å². The molecule has 7 heteroatoms. The Morgan fingerprint density at radius 2 is 2.10 bits per heavy atom. The van der Waals surface area contributed by atoms with Crippen molar-refractivity contribution in [3.05, 3.63) is 36.0 Å². The molecule has 0 bridgehead atoms. The minimum atomic E-state index is 0.258. The molecule has 1 aliphatic carbocycles. The van der Waals surface area contributed by atoms with E-state index < -0.39 is 0 Å². The minimum absolute atomic E-state index is 0.258. The summed E-state index contributed by atoms with van der Waals surface area (Å²) in [5.74, 6) is 1.86. The first kappa shape index (κ1) is 20.1. The molecule has 4 rings (SSSR count). The first-order valence-electron chi connectivity index (χ1n) is 10.2. The van der Waals surface area contributed by atoms with Crippen LogP contribution in [0.1, 0.15) is 25.0 Å². The molecule has 154 valence electrons. The molecule has 0 saturated heterocycles. The first-order chi connectivity index (χ1) is 14.2. The summed E-state index contributed by atoms with van der Waals surface area (Å²) in [5, 5.41) is 17.7. The molecule has 0 radical (unpaired) electrons. The molecular formula is C22H28N4O2S. The van der Waals surface area contributed by atoms with Gasteiger partial charge in [-0.25, -0.2) is 4.98 Å². The number of nitrogens with one attached hydrogen (secondary N) is 2. The van der Waals surface area contributed by atoms with Crippen LogP contribution in [0.2, 0.25) is 0 Å². The van der Waals surface area contributed by atoms with Gasteiger partial charge in [0.1, 0.15) is 5.82 Å². The molecule has 2 heterocycles. The zero-order valence-electron chi connectivity index (χ0n) is 16.9. The summed E-state index contributed by atoms with van der Waals surface area (Å²) in [7, 11) is 1.68. The molecule has 0 amide bonds. The number of fused-ring (bicyclic) bond motifs is 1. The van der Waals surface area contributed by atoms with Crippen molar-refractivity contribution in [3.63, 3.8) is 0 Å². The number of methoxy groups -OCH3 is 1. The van der Waals surface area contributed by atoms with E-state index in [4.69, 9.17) is 14.7 Å². The van der Waals surface area contributed by atoms with Crippen LogP contribution in [0.3, 0.4) is 0 Å². The molecule has 0 spiro atoms. The Hall–Kier alpha value is -2.22. The predicted octanol–water partition coefficient (Wildman–Crippen LogP) is 4.30. The molecule has 2 aromatic heterocycles. The van der Waals surface area contributed by atoms with E-state index in [0.29, 0.717) is 31.1 Å². The van der Waals surface area contributed by atoms with Crippen molar-refractivity contribution in [1.29, 1.82) is 0 Å². The molecule has 3 N–H and O–H groups in total. The highest BCUT2D eigenvalue weighted by molar-refractivity contribution is 7.22. The van der Waals surface area contributed by atoms with Crippen molar-refractivity contribution in [3.8, 4) is 10.4 Å². The summed E-state index contributed by atoms with van der Waals surface area (Å²) in [5.41, 5.74) is 2.02. The molecule has 1 aromatic carbocycles. The first-order valence-corrected chi connectivity index (χ1v) is 11.0. The van der Waals surface area contributed by atoms with Gasteiger partial charge in [0.25, 0.3) is 0 Å². The van der Waals surface area contributed by atoms with Gasteiger partial charge < -0.3 is 20.5 Å². The maximum absolute atomic E-state index is 9.50. The molecule has 1 saturated carbocycles. The van der Waals surface area contributed by atoms with E-state index in [2.05, 4.69) is 41.0 Å². The average Bonchev–Trinajstić information content (AvgIpc) is 3.34. The lowest BCUT2D eigenvalue weighted by Crippen LogP contribution is -2.19. The van der Waals surface area contributed by atoms with E-state index in [1.165, 1.54) is 15.0 Å². The van der Waals surface area contributed by atoms with Crippen LogP contribution in [0.5, 0.6) is 0 Å². The van der Waals surface area contributed by atoms with Crippen molar-refractivity contribution in [1.82, 2.24) is 9.97 Å². The monoisotopic (exact) mass is 412 g/mol. The van der Waals surface area contributed by atoms with E-state index in [1.54, 1.807) is 18.4 Å². The third-order valence-corrected chi connectivity index (χ3v) is 6.62. The van der Waals surface area contributed by atoms with Gasteiger partial charge in [-0.2, -0.15) is 4.98 Å². The van der Waals surface area contributed by atoms with Crippen LogP contribution in [0, 0.1) is 12.8 Å². The molecule has 2 atom stereocenters. The van der Waals surface area contributed by atoms with Crippen LogP contribution in [0.15, 0.2) is 30.3 Å². The number of hydrogen-bond donors (Lipinski definition) is 3. The highest BCUT2D eigenvalue weighted by Crippen LogP contribution is 2.39. The van der Waals surface area contributed by atoms with Crippen molar-refractivity contribution in [2.45, 2.75) is 32.2 Å². The van der Waals surface area contributed by atoms with E-state index in [9.17, 15) is 5.11 Å². The quantitative estimate of drug-likeness (QED) is 0.479. The Labute approximate surface area is 175 Å². The second-order valence-corrected chi connectivity index (χ2v) is 8.71. The van der Waals surface area contributed by atoms with Gasteiger partial charge in [0.15, 0.2) is 0 Å². The summed E-state index contributed by atoms with van der Waals surface area (Å²) in [6, 6.07) is 11.0. The SMILES string of the molecule is COCCNc1nc(C)c(-c2cc3ccccc3s2)c(N[C@H]2CC[C@@H](CO)C2)n1. The van der Waals surface area contributed by atoms with Crippen molar-refractivity contribution in [2.75, 3.05) is 37.5 Å². The Morgan fingerprint density at radius 3 is 2.86 bits per heavy atom. The number of hydrogen-bond acceptors (Lipinski definition) is 7. The van der Waals surface area contributed by atoms with Crippen LogP contribution in [-0.4, -0.2) is 48.0 Å². The van der Waals surface area contributed by atoms with Crippen LogP contribution in [0.25, 0.3) is 20.5 Å². The zero-order chi connectivity index (χ0) is 20.2. The molecule has 0 unspecified atom stereocenters. The Bertz CT molecular complexity index is 942. The summed E-state index contributed by atoms with van der Waals surface area (Å²) in [6.07, 6.45) is 3.07. The summed E-state index contributed by atoms with van der Waals surface area (Å²) in [4.78, 5) is 10.7. The van der Waals surface area contributed by atoms with E-state index in [-0.39, 0.29) is 6.61 Å². The third kappa shape index (κ3) is 4.52. The number of aryl methyl sites for hydroxylation is 1. The van der Waals surface area contributed by atoms with E-state index in [0.717, 1.165) is 36.3 Å². The van der Waals surface area contributed by atoms with Crippen LogP contribution < -0.4 is 10.6 Å². The van der Waals surface area contributed by atoms with Gasteiger partial charge >= 0.3 is 0 Å². The Morgan fingerprint density at radius 1 is 1.24 bits per heavy atom. The Kier molecular flexibility index (Phi) is 6.28. The van der Waals surface area contributed by atoms with Crippen LogP contribution >= 0.6 is 11.3 Å². The largest absolute Gasteiger partial charge is 0.396 e. The maximum Gasteiger partial charge on any atom is 0.224 e. The summed E-state index contributed by atoms with van der Waals surface area (Å²) < 4.78 is 6.39. The molecule has 1 fully saturated rings. The van der Waals surface area contributed by atoms with Crippen molar-refractivity contribution >= 4 is 33.2 Å². The second-order valence-electron chi connectivity index (χ2n) is 7.63. The third-order valence-electron chi connectivity index (χ3n) is 5.49. The number of thiophene rings is 1. The van der Waals surface area contributed by atoms with Gasteiger partial charge in [0.2, 0.25) is 5.95 Å². The van der Waals surface area contributed by atoms with Crippen LogP contribution in [0.4, 0.5) is 11.8 Å². The number of nitrogens with zero attached hydrogens (tertiary/aromatic N) is 2. The number of ether oxygens (including phenoxy) is 1. The van der Waals surface area contributed by atoms with Gasteiger partial charge in [-0.05, 0) is 49.6 Å². The second kappa shape index (κ2) is 9.07. The number of rotatable bonds is 8. The lowest BCUT2D eigenvalue weighted by molar-refractivity contribution is 0.210. The van der Waals surface area contributed by atoms with Crippen molar-refractivity contribution < 1.29 is 9.84 Å². The molecule has 0 aliphatic heterocycles. The van der Waals surface area contributed by atoms with E-state index >= 15 is 0 Å². The van der Waals surface area contributed by atoms with Gasteiger partial charge in [0.05, 0.1) is 17.9 Å². The molecule has 29 heavy (non-hydrogen) atoms. The number of aliphatic hydroxyl groups is 1. The number of aromatic nitrogens is 2. The highest BCUT2D eigenvalue weighted by Gasteiger charge is 2.26. The summed E-state index contributed by atoms with van der Waals surface area (Å²) in [6.45, 7) is 3.56. The number of anilines is 2. The van der Waals surface area contributed by atoms with Gasteiger partial charge in [-0.1, -0.05) is 18.2 Å². The van der Waals surface area contributed by atoms with Gasteiger partial charge in [0, 0.05) is 35.9 Å². The minimum Gasteiger partial charge on any atom is -0.396 e. The smallest absolute Gasteiger partial charge is 0.224 e. The van der Waals surface area contributed by atoms with Crippen molar-refractivity contribution in [2.24, 2.45) is 5.92 Å². The topological polar surface area (TPSA) is 79.3 Å². The normalized spacial score (nSPS) is 19.0. The molecular weight excluding hydrogens is 384 g/mol. The lowest BCUT2D eigenvalue weighted by atomic mass is 10.1. The fourth-order valence-electron chi connectivity index (χ4n) is 3.99. The maximum atomic E-state index is 9.50.